The van der Waals surface area contributed by atoms with Gasteiger partial charge < -0.3 is 0 Å². The van der Waals surface area contributed by atoms with Crippen LogP contribution < -0.4 is 0 Å². The van der Waals surface area contributed by atoms with E-state index in [0.717, 1.165) is 0 Å². The fraction of sp³-hybridized carbons (Fsp3) is 0. The first-order chi connectivity index (χ1) is 9.15. The zero-order valence-corrected chi connectivity index (χ0v) is 11.0. The van der Waals surface area contributed by atoms with Crippen molar-refractivity contribution < 1.29 is 4.92 Å². The van der Waals surface area contributed by atoms with Crippen molar-refractivity contribution in [3.05, 3.63) is 51.2 Å². The number of nitrogens with zero attached hydrogens (tertiary/aromatic N) is 5. The standard InChI is InChI=1S/C11H6BrN5O2/c12-11-14-13-10-5-4-9(15-16(10)11)7-2-1-3-8(6-7)17(18)19/h1-6H. The second kappa shape index (κ2) is 4.39. The molecule has 0 saturated carbocycles. The van der Waals surface area contributed by atoms with Gasteiger partial charge in [0, 0.05) is 17.7 Å². The van der Waals surface area contributed by atoms with Crippen LogP contribution in [0, 0.1) is 10.1 Å². The molecule has 1 aromatic carbocycles. The van der Waals surface area contributed by atoms with Crippen LogP contribution in [0.2, 0.25) is 0 Å². The van der Waals surface area contributed by atoms with Crippen molar-refractivity contribution >= 4 is 27.3 Å². The van der Waals surface area contributed by atoms with Crippen LogP contribution >= 0.6 is 15.9 Å². The molecule has 0 fully saturated rings. The second-order valence-electron chi connectivity index (χ2n) is 3.77. The molecule has 0 unspecified atom stereocenters. The number of hydrogen-bond donors (Lipinski definition) is 0. The first kappa shape index (κ1) is 11.7. The molecular weight excluding hydrogens is 314 g/mol. The van der Waals surface area contributed by atoms with Crippen molar-refractivity contribution in [3.8, 4) is 11.3 Å². The number of fused-ring (bicyclic) bond motifs is 1. The molecule has 8 heteroatoms. The third-order valence-corrected chi connectivity index (χ3v) is 3.07. The van der Waals surface area contributed by atoms with E-state index in [4.69, 9.17) is 0 Å². The average molecular weight is 320 g/mol. The number of hydrogen-bond acceptors (Lipinski definition) is 5. The average Bonchev–Trinajstić information content (AvgIpc) is 2.80. The number of halogens is 1. The van der Waals surface area contributed by atoms with Gasteiger partial charge in [-0.15, -0.1) is 10.2 Å². The summed E-state index contributed by atoms with van der Waals surface area (Å²) in [6.07, 6.45) is 0. The van der Waals surface area contributed by atoms with Crippen LogP contribution in [0.25, 0.3) is 16.9 Å². The van der Waals surface area contributed by atoms with Gasteiger partial charge in [-0.3, -0.25) is 10.1 Å². The maximum absolute atomic E-state index is 10.8. The van der Waals surface area contributed by atoms with E-state index in [9.17, 15) is 10.1 Å². The summed E-state index contributed by atoms with van der Waals surface area (Å²) in [5.74, 6) is 0. The number of nitro groups is 1. The van der Waals surface area contributed by atoms with Gasteiger partial charge in [0.2, 0.25) is 4.73 Å². The number of non-ortho nitro benzene ring substituents is 1. The highest BCUT2D eigenvalue weighted by molar-refractivity contribution is 9.10. The topological polar surface area (TPSA) is 86.2 Å². The van der Waals surface area contributed by atoms with Crippen molar-refractivity contribution in [2.24, 2.45) is 0 Å². The molecule has 0 bridgehead atoms. The molecule has 0 N–H and O–H groups in total. The van der Waals surface area contributed by atoms with E-state index in [2.05, 4.69) is 31.2 Å². The molecule has 2 aromatic heterocycles. The van der Waals surface area contributed by atoms with Crippen LogP contribution in [0.3, 0.4) is 0 Å². The largest absolute Gasteiger partial charge is 0.270 e. The van der Waals surface area contributed by atoms with Gasteiger partial charge >= 0.3 is 0 Å². The van der Waals surface area contributed by atoms with Gasteiger partial charge in [0.25, 0.3) is 5.69 Å². The molecule has 0 aliphatic carbocycles. The Balaban J connectivity index is 2.15. The predicted octanol–water partition coefficient (Wildman–Crippen LogP) is 2.46. The number of benzene rings is 1. The zero-order valence-electron chi connectivity index (χ0n) is 9.39. The minimum atomic E-state index is -0.434. The molecule has 2 heterocycles. The van der Waals surface area contributed by atoms with Crippen LogP contribution in [-0.2, 0) is 0 Å². The first-order valence-corrected chi connectivity index (χ1v) is 6.07. The van der Waals surface area contributed by atoms with Gasteiger partial charge in [0.05, 0.1) is 10.6 Å². The molecule has 0 aliphatic rings. The van der Waals surface area contributed by atoms with Crippen LogP contribution in [0.5, 0.6) is 0 Å². The van der Waals surface area contributed by atoms with Crippen LogP contribution in [-0.4, -0.2) is 24.7 Å². The monoisotopic (exact) mass is 319 g/mol. The number of rotatable bonds is 2. The Kier molecular flexibility index (Phi) is 2.71. The number of nitro benzene ring substituents is 1. The Morgan fingerprint density at radius 2 is 2.05 bits per heavy atom. The third-order valence-electron chi connectivity index (χ3n) is 2.58. The van der Waals surface area contributed by atoms with E-state index >= 15 is 0 Å². The highest BCUT2D eigenvalue weighted by atomic mass is 79.9. The number of aromatic nitrogens is 4. The normalized spacial score (nSPS) is 10.8. The fourth-order valence-electron chi connectivity index (χ4n) is 1.70. The molecule has 0 amide bonds. The van der Waals surface area contributed by atoms with Gasteiger partial charge in [0.1, 0.15) is 0 Å². The molecule has 7 nitrogen and oxygen atoms in total. The lowest BCUT2D eigenvalue weighted by atomic mass is 10.1. The van der Waals surface area contributed by atoms with Crippen molar-refractivity contribution in [2.75, 3.05) is 0 Å². The summed E-state index contributed by atoms with van der Waals surface area (Å²) >= 11 is 3.23. The van der Waals surface area contributed by atoms with E-state index in [1.165, 1.54) is 16.6 Å². The molecule has 0 saturated heterocycles. The van der Waals surface area contributed by atoms with E-state index in [1.807, 2.05) is 0 Å². The lowest BCUT2D eigenvalue weighted by Crippen LogP contribution is -1.95. The molecular formula is C11H6BrN5O2. The Morgan fingerprint density at radius 3 is 2.84 bits per heavy atom. The maximum atomic E-state index is 10.8. The van der Waals surface area contributed by atoms with Gasteiger partial charge in [-0.25, -0.2) is 0 Å². The Hall–Kier alpha value is -2.35. The molecule has 3 rings (SSSR count). The first-order valence-electron chi connectivity index (χ1n) is 5.28. The summed E-state index contributed by atoms with van der Waals surface area (Å²) in [5.41, 5.74) is 1.90. The van der Waals surface area contributed by atoms with Crippen LogP contribution in [0.15, 0.2) is 41.1 Å². The Bertz CT molecular complexity index is 786. The minimum Gasteiger partial charge on any atom is -0.258 e. The molecule has 0 aliphatic heterocycles. The van der Waals surface area contributed by atoms with Gasteiger partial charge in [0.15, 0.2) is 5.65 Å². The van der Waals surface area contributed by atoms with E-state index in [1.54, 1.807) is 24.3 Å². The van der Waals surface area contributed by atoms with E-state index in [0.29, 0.717) is 21.6 Å². The molecule has 3 aromatic rings. The Labute approximate surface area is 115 Å². The van der Waals surface area contributed by atoms with Crippen molar-refractivity contribution in [3.63, 3.8) is 0 Å². The molecule has 0 atom stereocenters. The summed E-state index contributed by atoms with van der Waals surface area (Å²) in [6.45, 7) is 0. The molecule has 0 spiro atoms. The second-order valence-corrected chi connectivity index (χ2v) is 4.47. The quantitative estimate of drug-likeness (QED) is 0.535. The molecule has 94 valence electrons. The highest BCUT2D eigenvalue weighted by Crippen LogP contribution is 2.22. The predicted molar refractivity (Wildman–Crippen MR) is 70.6 cm³/mol. The van der Waals surface area contributed by atoms with Gasteiger partial charge in [-0.05, 0) is 28.1 Å². The van der Waals surface area contributed by atoms with E-state index in [-0.39, 0.29) is 5.69 Å². The summed E-state index contributed by atoms with van der Waals surface area (Å²) < 4.78 is 2.00. The SMILES string of the molecule is O=[N+]([O-])c1cccc(-c2ccc3nnc(Br)n3n2)c1. The Morgan fingerprint density at radius 1 is 1.21 bits per heavy atom. The highest BCUT2D eigenvalue weighted by Gasteiger charge is 2.10. The summed E-state index contributed by atoms with van der Waals surface area (Å²) in [6, 6.07) is 9.80. The third kappa shape index (κ3) is 2.06. The zero-order chi connectivity index (χ0) is 13.4. The summed E-state index contributed by atoms with van der Waals surface area (Å²) in [7, 11) is 0. The molecule has 0 radical (unpaired) electrons. The van der Waals surface area contributed by atoms with E-state index < -0.39 is 4.92 Å². The van der Waals surface area contributed by atoms with Crippen LogP contribution in [0.1, 0.15) is 0 Å². The lowest BCUT2D eigenvalue weighted by molar-refractivity contribution is -0.384. The van der Waals surface area contributed by atoms with Gasteiger partial charge in [-0.1, -0.05) is 12.1 Å². The summed E-state index contributed by atoms with van der Waals surface area (Å²) in [4.78, 5) is 10.3. The maximum Gasteiger partial charge on any atom is 0.270 e. The minimum absolute atomic E-state index is 0.0298. The lowest BCUT2D eigenvalue weighted by Gasteiger charge is -2.01. The van der Waals surface area contributed by atoms with Crippen molar-refractivity contribution in [2.45, 2.75) is 0 Å². The van der Waals surface area contributed by atoms with Crippen LogP contribution in [0.4, 0.5) is 5.69 Å². The fourth-order valence-corrected chi connectivity index (χ4v) is 2.04. The van der Waals surface area contributed by atoms with Crippen molar-refractivity contribution in [1.29, 1.82) is 0 Å². The van der Waals surface area contributed by atoms with Crippen molar-refractivity contribution in [1.82, 2.24) is 19.8 Å². The smallest absolute Gasteiger partial charge is 0.258 e. The molecule has 19 heavy (non-hydrogen) atoms. The summed E-state index contributed by atoms with van der Waals surface area (Å²) in [5, 5.41) is 22.8. The van der Waals surface area contributed by atoms with Gasteiger partial charge in [-0.2, -0.15) is 9.61 Å².